The molecule has 0 spiro atoms. The van der Waals surface area contributed by atoms with Crippen LogP contribution < -0.4 is 14.7 Å². The van der Waals surface area contributed by atoms with E-state index in [1.807, 2.05) is 45.9 Å². The van der Waals surface area contributed by atoms with Gasteiger partial charge in [-0.2, -0.15) is 0 Å². The minimum absolute atomic E-state index is 0.118. The van der Waals surface area contributed by atoms with Gasteiger partial charge in [-0.1, -0.05) is 45.9 Å². The number of nitrogens with one attached hydrogen (secondary N) is 2. The lowest BCUT2D eigenvalue weighted by Crippen LogP contribution is -2.34. The highest BCUT2D eigenvalue weighted by Gasteiger charge is 2.30. The molecule has 164 valence electrons. The van der Waals surface area contributed by atoms with Crippen LogP contribution in [-0.2, 0) is 23.6 Å². The van der Waals surface area contributed by atoms with Gasteiger partial charge in [0.15, 0.2) is 0 Å². The molecule has 0 heterocycles. The summed E-state index contributed by atoms with van der Waals surface area (Å²) in [6.45, 7) is 11.1. The van der Waals surface area contributed by atoms with Crippen molar-refractivity contribution in [3.8, 4) is 5.75 Å². The SMILES string of the molecule is CCOC(=O)CNP(=O)(NCC(=O)OCC)Oc1c(C(C)C)cccc1C(C)C. The first-order valence-electron chi connectivity index (χ1n) is 9.87. The third-order valence-electron chi connectivity index (χ3n) is 4.01. The quantitative estimate of drug-likeness (QED) is 0.384. The van der Waals surface area contributed by atoms with Crippen molar-refractivity contribution in [3.63, 3.8) is 0 Å². The minimum Gasteiger partial charge on any atom is -0.465 e. The zero-order chi connectivity index (χ0) is 22.0. The van der Waals surface area contributed by atoms with Gasteiger partial charge in [0.1, 0.15) is 18.8 Å². The van der Waals surface area contributed by atoms with Crippen molar-refractivity contribution in [1.29, 1.82) is 0 Å². The van der Waals surface area contributed by atoms with Crippen LogP contribution in [0.1, 0.15) is 64.5 Å². The number of carbonyl (C=O) groups excluding carboxylic acids is 2. The summed E-state index contributed by atoms with van der Waals surface area (Å²) in [5, 5.41) is 5.20. The molecular weight excluding hydrogens is 395 g/mol. The summed E-state index contributed by atoms with van der Waals surface area (Å²) in [6.07, 6.45) is 0. The fourth-order valence-electron chi connectivity index (χ4n) is 2.60. The minimum atomic E-state index is -3.83. The highest BCUT2D eigenvalue weighted by atomic mass is 31.2. The summed E-state index contributed by atoms with van der Waals surface area (Å²) >= 11 is 0. The maximum atomic E-state index is 13.5. The van der Waals surface area contributed by atoms with Crippen LogP contribution in [0.2, 0.25) is 0 Å². The van der Waals surface area contributed by atoms with Gasteiger partial charge in [0.25, 0.3) is 0 Å². The molecule has 0 unspecified atom stereocenters. The van der Waals surface area contributed by atoms with Gasteiger partial charge in [-0.3, -0.25) is 9.59 Å². The summed E-state index contributed by atoms with van der Waals surface area (Å²) in [6, 6.07) is 5.75. The molecule has 8 nitrogen and oxygen atoms in total. The Morgan fingerprint density at radius 2 is 1.31 bits per heavy atom. The first kappa shape index (κ1) is 25.1. The third kappa shape index (κ3) is 8.17. The Morgan fingerprint density at radius 1 is 0.897 bits per heavy atom. The Bertz CT molecular complexity index is 683. The summed E-state index contributed by atoms with van der Waals surface area (Å²) in [4.78, 5) is 23.5. The average Bonchev–Trinajstić information content (AvgIpc) is 2.65. The van der Waals surface area contributed by atoms with E-state index < -0.39 is 19.6 Å². The van der Waals surface area contributed by atoms with E-state index in [-0.39, 0.29) is 38.1 Å². The Kier molecular flexibility index (Phi) is 10.4. The van der Waals surface area contributed by atoms with Crippen molar-refractivity contribution >= 4 is 19.6 Å². The van der Waals surface area contributed by atoms with Gasteiger partial charge in [-0.05, 0) is 36.8 Å². The fraction of sp³-hybridized carbons (Fsp3) is 0.600. The molecule has 0 atom stereocenters. The molecule has 0 aliphatic carbocycles. The molecular formula is C20H33N2O6P. The Hall–Kier alpha value is -1.89. The van der Waals surface area contributed by atoms with Crippen LogP contribution in [0.25, 0.3) is 0 Å². The van der Waals surface area contributed by atoms with E-state index in [0.717, 1.165) is 11.1 Å². The van der Waals surface area contributed by atoms with E-state index in [1.54, 1.807) is 13.8 Å². The van der Waals surface area contributed by atoms with E-state index in [2.05, 4.69) is 10.2 Å². The van der Waals surface area contributed by atoms with E-state index >= 15 is 0 Å². The maximum absolute atomic E-state index is 13.5. The number of benzene rings is 1. The van der Waals surface area contributed by atoms with Gasteiger partial charge >= 0.3 is 19.6 Å². The number of para-hydroxylation sites is 1. The van der Waals surface area contributed by atoms with Crippen LogP contribution in [0.5, 0.6) is 5.75 Å². The molecule has 0 aliphatic heterocycles. The van der Waals surface area contributed by atoms with Crippen molar-refractivity contribution in [2.45, 2.75) is 53.4 Å². The molecule has 0 saturated carbocycles. The van der Waals surface area contributed by atoms with Crippen molar-refractivity contribution in [2.75, 3.05) is 26.3 Å². The van der Waals surface area contributed by atoms with Gasteiger partial charge in [-0.15, -0.1) is 0 Å². The zero-order valence-corrected chi connectivity index (χ0v) is 19.0. The molecule has 1 aromatic rings. The maximum Gasteiger partial charge on any atom is 0.391 e. The number of ether oxygens (including phenoxy) is 2. The highest BCUT2D eigenvalue weighted by Crippen LogP contribution is 2.45. The molecule has 29 heavy (non-hydrogen) atoms. The largest absolute Gasteiger partial charge is 0.465 e. The second-order valence-electron chi connectivity index (χ2n) is 7.00. The lowest BCUT2D eigenvalue weighted by atomic mass is 9.94. The van der Waals surface area contributed by atoms with Crippen LogP contribution in [-0.4, -0.2) is 38.2 Å². The Labute approximate surface area is 173 Å². The van der Waals surface area contributed by atoms with Gasteiger partial charge in [0, 0.05) is 0 Å². The monoisotopic (exact) mass is 428 g/mol. The molecule has 1 rings (SSSR count). The smallest absolute Gasteiger partial charge is 0.391 e. The van der Waals surface area contributed by atoms with E-state index in [9.17, 15) is 14.2 Å². The van der Waals surface area contributed by atoms with Crippen LogP contribution in [0.4, 0.5) is 0 Å². The summed E-state index contributed by atoms with van der Waals surface area (Å²) in [7, 11) is -3.83. The number of hydrogen-bond acceptors (Lipinski definition) is 6. The van der Waals surface area contributed by atoms with Gasteiger partial charge < -0.3 is 14.0 Å². The van der Waals surface area contributed by atoms with Crippen LogP contribution in [0.15, 0.2) is 18.2 Å². The molecule has 0 aliphatic rings. The number of rotatable bonds is 12. The molecule has 0 bridgehead atoms. The number of hydrogen-bond donors (Lipinski definition) is 2. The normalized spacial score (nSPS) is 11.6. The van der Waals surface area contributed by atoms with Crippen LogP contribution >= 0.6 is 7.67 Å². The molecule has 0 amide bonds. The zero-order valence-electron chi connectivity index (χ0n) is 18.1. The molecule has 2 N–H and O–H groups in total. The fourth-order valence-corrected chi connectivity index (χ4v) is 3.98. The van der Waals surface area contributed by atoms with Crippen molar-refractivity contribution in [1.82, 2.24) is 10.2 Å². The number of esters is 2. The van der Waals surface area contributed by atoms with Crippen LogP contribution in [0, 0.1) is 0 Å². The van der Waals surface area contributed by atoms with Crippen LogP contribution in [0.3, 0.4) is 0 Å². The summed E-state index contributed by atoms with van der Waals surface area (Å²) in [5.74, 6) is -0.431. The highest BCUT2D eigenvalue weighted by molar-refractivity contribution is 7.55. The van der Waals surface area contributed by atoms with Gasteiger partial charge in [-0.25, -0.2) is 14.7 Å². The van der Waals surface area contributed by atoms with Gasteiger partial charge in [0.05, 0.1) is 13.2 Å². The Morgan fingerprint density at radius 3 is 1.66 bits per heavy atom. The molecule has 1 aromatic carbocycles. The standard InChI is InChI=1S/C20H33N2O6P/c1-7-26-18(23)12-21-29(25,22-13-19(24)27-8-2)28-20-16(14(3)4)10-9-11-17(20)15(5)6/h9-11,14-15H,7-8,12-13H2,1-6H3,(H2,21,22,25). The second-order valence-corrected chi connectivity index (χ2v) is 8.92. The van der Waals surface area contributed by atoms with E-state index in [1.165, 1.54) is 0 Å². The predicted octanol–water partition coefficient (Wildman–Crippen LogP) is 3.73. The first-order valence-corrected chi connectivity index (χ1v) is 11.5. The first-order chi connectivity index (χ1) is 13.6. The van der Waals surface area contributed by atoms with Gasteiger partial charge in [0.2, 0.25) is 0 Å². The predicted molar refractivity (Wildman–Crippen MR) is 112 cm³/mol. The molecule has 9 heteroatoms. The Balaban J connectivity index is 3.20. The lowest BCUT2D eigenvalue weighted by molar-refractivity contribution is -0.142. The van der Waals surface area contributed by atoms with Crippen molar-refractivity contribution in [3.05, 3.63) is 29.3 Å². The molecule has 0 aromatic heterocycles. The third-order valence-corrected chi connectivity index (χ3v) is 5.60. The van der Waals surface area contributed by atoms with E-state index in [0.29, 0.717) is 5.75 Å². The average molecular weight is 428 g/mol. The molecule has 0 radical (unpaired) electrons. The topological polar surface area (TPSA) is 103 Å². The lowest BCUT2D eigenvalue weighted by Gasteiger charge is -2.25. The van der Waals surface area contributed by atoms with Crippen molar-refractivity contribution < 1.29 is 28.2 Å². The molecule has 0 fully saturated rings. The second kappa shape index (κ2) is 12.0. The van der Waals surface area contributed by atoms with E-state index in [4.69, 9.17) is 14.0 Å². The summed E-state index contributed by atoms with van der Waals surface area (Å²) < 4.78 is 29.2. The number of carbonyl (C=O) groups is 2. The molecule has 0 saturated heterocycles. The summed E-state index contributed by atoms with van der Waals surface area (Å²) in [5.41, 5.74) is 1.76. The van der Waals surface area contributed by atoms with Crippen molar-refractivity contribution in [2.24, 2.45) is 0 Å².